The highest BCUT2D eigenvalue weighted by Gasteiger charge is 2.18. The van der Waals surface area contributed by atoms with Gasteiger partial charge in [-0.05, 0) is 44.2 Å². The highest BCUT2D eigenvalue weighted by molar-refractivity contribution is 5.85. The van der Waals surface area contributed by atoms with Gasteiger partial charge < -0.3 is 10.2 Å². The first-order valence-electron chi connectivity index (χ1n) is 8.20. The van der Waals surface area contributed by atoms with Gasteiger partial charge in [-0.1, -0.05) is 32.1 Å². The van der Waals surface area contributed by atoms with E-state index in [4.69, 9.17) is 0 Å². The maximum atomic E-state index is 12.1. The molecule has 1 aliphatic heterocycles. The molecule has 1 saturated carbocycles. The van der Waals surface area contributed by atoms with E-state index in [9.17, 15) is 4.79 Å². The number of carbonyl (C=O) groups excluding carboxylic acids is 1. The lowest BCUT2D eigenvalue weighted by Crippen LogP contribution is -2.29. The van der Waals surface area contributed by atoms with Crippen molar-refractivity contribution in [2.75, 3.05) is 26.7 Å². The Morgan fingerprint density at radius 1 is 1.10 bits per heavy atom. The first-order chi connectivity index (χ1) is 9.25. The molecule has 1 saturated heterocycles. The summed E-state index contributed by atoms with van der Waals surface area (Å²) in [5.41, 5.74) is 0. The second-order valence-electron chi connectivity index (χ2n) is 6.51. The molecule has 2 rings (SSSR count). The third-order valence-corrected chi connectivity index (χ3v) is 4.95. The number of hydrogen-bond acceptors (Lipinski definition) is 2. The number of nitrogens with one attached hydrogen (secondary N) is 1. The first-order valence-corrected chi connectivity index (χ1v) is 8.20. The second-order valence-corrected chi connectivity index (χ2v) is 6.51. The van der Waals surface area contributed by atoms with Crippen molar-refractivity contribution in [3.63, 3.8) is 0 Å². The van der Waals surface area contributed by atoms with Crippen LogP contribution in [0.2, 0.25) is 0 Å². The van der Waals surface area contributed by atoms with Gasteiger partial charge in [0.05, 0.1) is 0 Å². The molecule has 0 aromatic carbocycles. The minimum Gasteiger partial charge on any atom is -0.346 e. The zero-order valence-electron chi connectivity index (χ0n) is 12.9. The zero-order chi connectivity index (χ0) is 13.5. The molecular formula is C16H31ClN2O. The average molecular weight is 303 g/mol. The quantitative estimate of drug-likeness (QED) is 0.817. The van der Waals surface area contributed by atoms with E-state index in [1.54, 1.807) is 0 Å². The van der Waals surface area contributed by atoms with E-state index in [0.29, 0.717) is 5.91 Å². The molecule has 20 heavy (non-hydrogen) atoms. The summed E-state index contributed by atoms with van der Waals surface area (Å²) < 4.78 is 0. The molecule has 0 aromatic rings. The number of rotatable bonds is 6. The lowest BCUT2D eigenvalue weighted by atomic mass is 9.87. The van der Waals surface area contributed by atoms with Crippen LogP contribution in [-0.4, -0.2) is 37.5 Å². The smallest absolute Gasteiger partial charge is 0.222 e. The van der Waals surface area contributed by atoms with E-state index in [0.717, 1.165) is 44.3 Å². The minimum absolute atomic E-state index is 0. The van der Waals surface area contributed by atoms with Crippen LogP contribution in [0.3, 0.4) is 0 Å². The highest BCUT2D eigenvalue weighted by atomic mass is 35.5. The largest absolute Gasteiger partial charge is 0.346 e. The molecule has 0 spiro atoms. The molecule has 1 unspecified atom stereocenters. The summed E-state index contributed by atoms with van der Waals surface area (Å²) in [5.74, 6) is 1.96. The Bertz CT molecular complexity index is 274. The van der Waals surface area contributed by atoms with Gasteiger partial charge >= 0.3 is 0 Å². The molecule has 2 fully saturated rings. The van der Waals surface area contributed by atoms with E-state index < -0.39 is 0 Å². The summed E-state index contributed by atoms with van der Waals surface area (Å²) in [6.07, 6.45) is 11.3. The normalized spacial score (nSPS) is 23.4. The summed E-state index contributed by atoms with van der Waals surface area (Å²) in [4.78, 5) is 14.0. The Morgan fingerprint density at radius 3 is 2.50 bits per heavy atom. The summed E-state index contributed by atoms with van der Waals surface area (Å²) in [6, 6.07) is 0. The summed E-state index contributed by atoms with van der Waals surface area (Å²) in [7, 11) is 1.98. The van der Waals surface area contributed by atoms with Crippen LogP contribution in [0.5, 0.6) is 0 Å². The molecule has 0 radical (unpaired) electrons. The van der Waals surface area contributed by atoms with Gasteiger partial charge in [0.1, 0.15) is 0 Å². The van der Waals surface area contributed by atoms with E-state index >= 15 is 0 Å². The number of carbonyl (C=O) groups is 1. The van der Waals surface area contributed by atoms with Gasteiger partial charge in [0, 0.05) is 20.0 Å². The van der Waals surface area contributed by atoms with E-state index in [-0.39, 0.29) is 12.4 Å². The molecule has 1 N–H and O–H groups in total. The van der Waals surface area contributed by atoms with Crippen molar-refractivity contribution in [3.05, 3.63) is 0 Å². The molecule has 1 amide bonds. The van der Waals surface area contributed by atoms with Crippen molar-refractivity contribution in [2.45, 2.75) is 57.8 Å². The lowest BCUT2D eigenvalue weighted by Gasteiger charge is -2.25. The van der Waals surface area contributed by atoms with Crippen LogP contribution in [0.1, 0.15) is 57.8 Å². The Labute approximate surface area is 130 Å². The standard InChI is InChI=1S/C16H30N2O.ClH/c1-18(12-10-14-5-3-2-4-6-14)16(19)8-7-15-9-11-17-13-15;/h14-15,17H,2-13H2,1H3;1H. The minimum atomic E-state index is 0. The number of halogens is 1. The molecule has 1 atom stereocenters. The third kappa shape index (κ3) is 6.01. The fraction of sp³-hybridized carbons (Fsp3) is 0.938. The maximum absolute atomic E-state index is 12.1. The van der Waals surface area contributed by atoms with Crippen LogP contribution in [-0.2, 0) is 4.79 Å². The molecule has 1 aliphatic carbocycles. The Balaban J connectivity index is 0.00000200. The molecule has 4 heteroatoms. The zero-order valence-corrected chi connectivity index (χ0v) is 13.7. The number of nitrogens with zero attached hydrogens (tertiary/aromatic N) is 1. The van der Waals surface area contributed by atoms with E-state index in [2.05, 4.69) is 5.32 Å². The molecule has 2 aliphatic rings. The van der Waals surface area contributed by atoms with Crippen molar-refractivity contribution in [2.24, 2.45) is 11.8 Å². The topological polar surface area (TPSA) is 32.3 Å². The first kappa shape index (κ1) is 17.8. The van der Waals surface area contributed by atoms with Gasteiger partial charge in [0.25, 0.3) is 0 Å². The van der Waals surface area contributed by atoms with E-state index in [1.807, 2.05) is 11.9 Å². The third-order valence-electron chi connectivity index (χ3n) is 4.95. The fourth-order valence-corrected chi connectivity index (χ4v) is 3.46. The van der Waals surface area contributed by atoms with Crippen molar-refractivity contribution < 1.29 is 4.79 Å². The van der Waals surface area contributed by atoms with Crippen molar-refractivity contribution in [3.8, 4) is 0 Å². The van der Waals surface area contributed by atoms with Crippen LogP contribution in [0.4, 0.5) is 0 Å². The average Bonchev–Trinajstić information content (AvgIpc) is 2.96. The lowest BCUT2D eigenvalue weighted by molar-refractivity contribution is -0.130. The van der Waals surface area contributed by atoms with Crippen LogP contribution >= 0.6 is 12.4 Å². The van der Waals surface area contributed by atoms with Crippen molar-refractivity contribution in [1.82, 2.24) is 10.2 Å². The van der Waals surface area contributed by atoms with Crippen LogP contribution in [0.15, 0.2) is 0 Å². The van der Waals surface area contributed by atoms with Gasteiger partial charge in [-0.2, -0.15) is 0 Å². The van der Waals surface area contributed by atoms with Gasteiger partial charge in [-0.3, -0.25) is 4.79 Å². The molecule has 0 aromatic heterocycles. The summed E-state index contributed by atoms with van der Waals surface area (Å²) in [5, 5.41) is 3.37. The van der Waals surface area contributed by atoms with Gasteiger partial charge in [0.2, 0.25) is 5.91 Å². The molecule has 1 heterocycles. The summed E-state index contributed by atoms with van der Waals surface area (Å²) in [6.45, 7) is 3.21. The highest BCUT2D eigenvalue weighted by Crippen LogP contribution is 2.26. The number of hydrogen-bond donors (Lipinski definition) is 1. The predicted octanol–water partition coefficient (Wildman–Crippen LogP) is 3.23. The summed E-state index contributed by atoms with van der Waals surface area (Å²) >= 11 is 0. The van der Waals surface area contributed by atoms with Gasteiger partial charge in [-0.25, -0.2) is 0 Å². The molecule has 0 bridgehead atoms. The molecular weight excluding hydrogens is 272 g/mol. The Kier molecular flexibility index (Phi) is 8.55. The number of amides is 1. The Hall–Kier alpha value is -0.280. The molecule has 118 valence electrons. The SMILES string of the molecule is CN(CCC1CCCCC1)C(=O)CCC1CCNC1.Cl. The van der Waals surface area contributed by atoms with Gasteiger partial charge in [-0.15, -0.1) is 12.4 Å². The van der Waals surface area contributed by atoms with Crippen LogP contribution in [0, 0.1) is 11.8 Å². The van der Waals surface area contributed by atoms with Crippen LogP contribution < -0.4 is 5.32 Å². The molecule has 3 nitrogen and oxygen atoms in total. The van der Waals surface area contributed by atoms with Crippen LogP contribution in [0.25, 0.3) is 0 Å². The van der Waals surface area contributed by atoms with Crippen molar-refractivity contribution >= 4 is 18.3 Å². The maximum Gasteiger partial charge on any atom is 0.222 e. The Morgan fingerprint density at radius 2 is 1.85 bits per heavy atom. The van der Waals surface area contributed by atoms with Crippen molar-refractivity contribution in [1.29, 1.82) is 0 Å². The van der Waals surface area contributed by atoms with Gasteiger partial charge in [0.15, 0.2) is 0 Å². The predicted molar refractivity (Wildman–Crippen MR) is 86.3 cm³/mol. The fourth-order valence-electron chi connectivity index (χ4n) is 3.46. The second kappa shape index (κ2) is 9.62. The van der Waals surface area contributed by atoms with E-state index in [1.165, 1.54) is 44.9 Å². The monoisotopic (exact) mass is 302 g/mol.